The van der Waals surface area contributed by atoms with Crippen molar-refractivity contribution in [2.75, 3.05) is 26.1 Å². The van der Waals surface area contributed by atoms with Crippen LogP contribution in [0, 0.1) is 0 Å². The van der Waals surface area contributed by atoms with Gasteiger partial charge in [-0.3, -0.25) is 4.79 Å². The Hall–Kier alpha value is -2.54. The summed E-state index contributed by atoms with van der Waals surface area (Å²) >= 11 is 3.40. The Bertz CT molecular complexity index is 721. The maximum absolute atomic E-state index is 11.8. The van der Waals surface area contributed by atoms with Crippen LogP contribution in [0.15, 0.2) is 52.0 Å². The van der Waals surface area contributed by atoms with Crippen molar-refractivity contribution in [3.8, 4) is 11.5 Å². The maximum atomic E-state index is 11.8. The van der Waals surface area contributed by atoms with E-state index < -0.39 is 0 Å². The first kappa shape index (κ1) is 17.8. The van der Waals surface area contributed by atoms with Crippen LogP contribution in [0.1, 0.15) is 5.56 Å². The van der Waals surface area contributed by atoms with Gasteiger partial charge < -0.3 is 14.8 Å². The predicted molar refractivity (Wildman–Crippen MR) is 97.9 cm³/mol. The molecule has 6 nitrogen and oxygen atoms in total. The van der Waals surface area contributed by atoms with Gasteiger partial charge in [0.15, 0.2) is 0 Å². The fraction of sp³-hybridized carbons (Fsp3) is 0.176. The number of halogens is 1. The van der Waals surface area contributed by atoms with Gasteiger partial charge in [0.1, 0.15) is 11.5 Å². The van der Waals surface area contributed by atoms with Gasteiger partial charge in [0, 0.05) is 17.3 Å². The number of amides is 1. The van der Waals surface area contributed by atoms with Crippen LogP contribution < -0.4 is 20.2 Å². The Kier molecular flexibility index (Phi) is 6.62. The van der Waals surface area contributed by atoms with Crippen LogP contribution in [0.5, 0.6) is 11.5 Å². The third kappa shape index (κ3) is 4.99. The number of hydrogen-bond acceptors (Lipinski definition) is 5. The van der Waals surface area contributed by atoms with Gasteiger partial charge in [0.2, 0.25) is 0 Å². The lowest BCUT2D eigenvalue weighted by Crippen LogP contribution is -2.25. The van der Waals surface area contributed by atoms with E-state index in [0.717, 1.165) is 10.2 Å². The van der Waals surface area contributed by atoms with Crippen LogP contribution >= 0.6 is 15.9 Å². The second kappa shape index (κ2) is 8.93. The molecule has 2 aromatic rings. The highest BCUT2D eigenvalue weighted by Crippen LogP contribution is 2.31. The van der Waals surface area contributed by atoms with Crippen molar-refractivity contribution in [1.82, 2.24) is 5.43 Å². The summed E-state index contributed by atoms with van der Waals surface area (Å²) in [5.74, 6) is 0.997. The summed E-state index contributed by atoms with van der Waals surface area (Å²) in [5.41, 5.74) is 4.05. The standard InChI is InChI=1S/C17H18BrN3O3/c1-23-15-9-16(24-2)14(18)8-12(15)10-20-21-17(22)11-19-13-6-4-3-5-7-13/h3-10,19H,11H2,1-2H3,(H,21,22). The van der Waals surface area contributed by atoms with Crippen LogP contribution in [-0.4, -0.2) is 32.9 Å². The van der Waals surface area contributed by atoms with E-state index in [0.29, 0.717) is 17.1 Å². The maximum Gasteiger partial charge on any atom is 0.259 e. The number of benzene rings is 2. The van der Waals surface area contributed by atoms with Crippen LogP contribution in [0.2, 0.25) is 0 Å². The second-order valence-corrected chi connectivity index (χ2v) is 5.60. The highest BCUT2D eigenvalue weighted by molar-refractivity contribution is 9.10. The van der Waals surface area contributed by atoms with E-state index in [1.807, 2.05) is 30.3 Å². The fourth-order valence-corrected chi connectivity index (χ4v) is 2.46. The Morgan fingerprint density at radius 1 is 1.17 bits per heavy atom. The van der Waals surface area contributed by atoms with E-state index in [9.17, 15) is 4.79 Å². The number of hydrogen-bond donors (Lipinski definition) is 2. The highest BCUT2D eigenvalue weighted by atomic mass is 79.9. The minimum atomic E-state index is -0.248. The molecule has 0 bridgehead atoms. The van der Waals surface area contributed by atoms with Crippen LogP contribution in [0.3, 0.4) is 0 Å². The van der Waals surface area contributed by atoms with Gasteiger partial charge in [-0.2, -0.15) is 5.10 Å². The third-order valence-electron chi connectivity index (χ3n) is 3.12. The minimum Gasteiger partial charge on any atom is -0.496 e. The van der Waals surface area contributed by atoms with Crippen molar-refractivity contribution in [1.29, 1.82) is 0 Å². The summed E-state index contributed by atoms with van der Waals surface area (Å²) < 4.78 is 11.3. The number of methoxy groups -OCH3 is 2. The SMILES string of the molecule is COc1cc(OC)c(C=NNC(=O)CNc2ccccc2)cc1Br. The quantitative estimate of drug-likeness (QED) is 0.561. The number of carbonyl (C=O) groups excluding carboxylic acids is 1. The first-order valence-electron chi connectivity index (χ1n) is 7.16. The lowest BCUT2D eigenvalue weighted by Gasteiger charge is -2.09. The van der Waals surface area contributed by atoms with Gasteiger partial charge in [0.25, 0.3) is 5.91 Å². The number of carbonyl (C=O) groups is 1. The number of ether oxygens (including phenoxy) is 2. The van der Waals surface area contributed by atoms with Gasteiger partial charge in [0.05, 0.1) is 31.5 Å². The summed E-state index contributed by atoms with van der Waals surface area (Å²) in [6.45, 7) is 0.130. The molecule has 24 heavy (non-hydrogen) atoms. The molecule has 0 spiro atoms. The van der Waals surface area contributed by atoms with E-state index in [1.165, 1.54) is 6.21 Å². The number of hydrazone groups is 1. The molecule has 126 valence electrons. The van der Waals surface area contributed by atoms with E-state index >= 15 is 0 Å². The minimum absolute atomic E-state index is 0.130. The van der Waals surface area contributed by atoms with Crippen LogP contribution in [0.4, 0.5) is 5.69 Å². The van der Waals surface area contributed by atoms with E-state index in [1.54, 1.807) is 26.4 Å². The first-order valence-corrected chi connectivity index (χ1v) is 7.95. The molecule has 2 rings (SSSR count). The van der Waals surface area contributed by atoms with E-state index in [-0.39, 0.29) is 12.5 Å². The van der Waals surface area contributed by atoms with E-state index in [2.05, 4.69) is 31.8 Å². The number of anilines is 1. The molecule has 0 fully saturated rings. The number of nitrogens with one attached hydrogen (secondary N) is 2. The van der Waals surface area contributed by atoms with Crippen molar-refractivity contribution in [3.05, 3.63) is 52.5 Å². The van der Waals surface area contributed by atoms with Gasteiger partial charge in [-0.05, 0) is 34.1 Å². The zero-order valence-corrected chi connectivity index (χ0v) is 15.0. The summed E-state index contributed by atoms with van der Waals surface area (Å²) in [7, 11) is 3.13. The molecular weight excluding hydrogens is 374 g/mol. The Labute approximate surface area is 149 Å². The molecule has 0 heterocycles. The Morgan fingerprint density at radius 2 is 1.88 bits per heavy atom. The molecule has 2 aromatic carbocycles. The molecule has 7 heteroatoms. The summed E-state index contributed by atoms with van der Waals surface area (Å²) in [4.78, 5) is 11.8. The molecule has 1 amide bonds. The molecule has 0 aliphatic heterocycles. The van der Waals surface area contributed by atoms with Crippen molar-refractivity contribution in [2.24, 2.45) is 5.10 Å². The average Bonchev–Trinajstić information content (AvgIpc) is 2.61. The average molecular weight is 392 g/mol. The van der Waals surface area contributed by atoms with Crippen molar-refractivity contribution >= 4 is 33.7 Å². The zero-order valence-electron chi connectivity index (χ0n) is 13.4. The van der Waals surface area contributed by atoms with Gasteiger partial charge >= 0.3 is 0 Å². The largest absolute Gasteiger partial charge is 0.496 e. The first-order chi connectivity index (χ1) is 11.6. The third-order valence-corrected chi connectivity index (χ3v) is 3.74. The summed E-state index contributed by atoms with van der Waals surface area (Å²) in [5, 5.41) is 6.96. The van der Waals surface area contributed by atoms with Gasteiger partial charge in [-0.15, -0.1) is 0 Å². The molecule has 0 saturated carbocycles. The molecule has 0 unspecified atom stereocenters. The van der Waals surface area contributed by atoms with E-state index in [4.69, 9.17) is 9.47 Å². The molecule has 0 radical (unpaired) electrons. The lowest BCUT2D eigenvalue weighted by atomic mass is 10.2. The van der Waals surface area contributed by atoms with Gasteiger partial charge in [-0.25, -0.2) is 5.43 Å². The summed E-state index contributed by atoms with van der Waals surface area (Å²) in [6, 6.07) is 13.0. The highest BCUT2D eigenvalue weighted by Gasteiger charge is 2.08. The Balaban J connectivity index is 1.93. The molecule has 2 N–H and O–H groups in total. The van der Waals surface area contributed by atoms with Crippen molar-refractivity contribution in [3.63, 3.8) is 0 Å². The number of para-hydroxylation sites is 1. The fourth-order valence-electron chi connectivity index (χ4n) is 1.94. The predicted octanol–water partition coefficient (Wildman–Crippen LogP) is 3.03. The molecular formula is C17H18BrN3O3. The molecule has 0 saturated heterocycles. The van der Waals surface area contributed by atoms with Crippen molar-refractivity contribution < 1.29 is 14.3 Å². The topological polar surface area (TPSA) is 72.0 Å². The molecule has 0 aliphatic rings. The Morgan fingerprint density at radius 3 is 2.54 bits per heavy atom. The number of rotatable bonds is 7. The molecule has 0 atom stereocenters. The van der Waals surface area contributed by atoms with Crippen LogP contribution in [0.25, 0.3) is 0 Å². The zero-order chi connectivity index (χ0) is 17.4. The monoisotopic (exact) mass is 391 g/mol. The smallest absolute Gasteiger partial charge is 0.259 e. The normalized spacial score (nSPS) is 10.5. The molecule has 0 aromatic heterocycles. The van der Waals surface area contributed by atoms with Crippen molar-refractivity contribution in [2.45, 2.75) is 0 Å². The van der Waals surface area contributed by atoms with Gasteiger partial charge in [-0.1, -0.05) is 18.2 Å². The molecule has 0 aliphatic carbocycles. The second-order valence-electron chi connectivity index (χ2n) is 4.74. The lowest BCUT2D eigenvalue weighted by molar-refractivity contribution is -0.119. The number of nitrogens with zero attached hydrogens (tertiary/aromatic N) is 1. The summed E-state index contributed by atoms with van der Waals surface area (Å²) in [6.07, 6.45) is 1.52. The van der Waals surface area contributed by atoms with Crippen LogP contribution in [-0.2, 0) is 4.79 Å².